The molecule has 0 aliphatic carbocycles. The summed E-state index contributed by atoms with van der Waals surface area (Å²) in [6, 6.07) is 12.4. The Balaban J connectivity index is 1.89. The summed E-state index contributed by atoms with van der Waals surface area (Å²) < 4.78 is 38.3. The summed E-state index contributed by atoms with van der Waals surface area (Å²) >= 11 is 7.31. The van der Waals surface area contributed by atoms with Crippen molar-refractivity contribution < 1.29 is 23.1 Å². The zero-order valence-electron chi connectivity index (χ0n) is 15.6. The molecule has 4 nitrogen and oxygen atoms in total. The van der Waals surface area contributed by atoms with Gasteiger partial charge < -0.3 is 10.0 Å². The Bertz CT molecular complexity index is 761. The molecule has 0 spiro atoms. The average molecular weight is 447 g/mol. The molecule has 158 valence electrons. The van der Waals surface area contributed by atoms with E-state index >= 15 is 0 Å². The fourth-order valence-electron chi connectivity index (χ4n) is 2.52. The largest absolute Gasteiger partial charge is 0.416 e. The number of hydrogen-bond acceptors (Lipinski definition) is 4. The summed E-state index contributed by atoms with van der Waals surface area (Å²) in [4.78, 5) is 17.7. The Morgan fingerprint density at radius 2 is 1.93 bits per heavy atom. The van der Waals surface area contributed by atoms with Crippen molar-refractivity contribution in [2.75, 3.05) is 18.8 Å². The Kier molecular flexibility index (Phi) is 9.26. The van der Waals surface area contributed by atoms with Gasteiger partial charge in [0.2, 0.25) is 5.91 Å². The second-order valence-electron chi connectivity index (χ2n) is 6.40. The third-order valence-electron chi connectivity index (χ3n) is 4.14. The number of halogens is 4. The molecular formula is C20H22ClF3N2O2S. The van der Waals surface area contributed by atoms with Crippen molar-refractivity contribution in [3.8, 4) is 0 Å². The van der Waals surface area contributed by atoms with Crippen LogP contribution in [0.4, 0.5) is 13.2 Å². The topological polar surface area (TPSA) is 53.4 Å². The second-order valence-corrected chi connectivity index (χ2v) is 7.94. The molecule has 0 saturated carbocycles. The molecule has 1 unspecified atom stereocenters. The highest BCUT2D eigenvalue weighted by atomic mass is 35.5. The zero-order chi connectivity index (χ0) is 21.3. The molecule has 0 radical (unpaired) electrons. The molecule has 1 aromatic carbocycles. The summed E-state index contributed by atoms with van der Waals surface area (Å²) in [7, 11) is 0. The number of hydrogen-bond donors (Lipinski definition) is 1. The Morgan fingerprint density at radius 3 is 2.55 bits per heavy atom. The predicted octanol–water partition coefficient (Wildman–Crippen LogP) is 4.35. The van der Waals surface area contributed by atoms with E-state index in [4.69, 9.17) is 11.6 Å². The minimum Gasteiger partial charge on any atom is -0.382 e. The van der Waals surface area contributed by atoms with Gasteiger partial charge in [-0.3, -0.25) is 9.78 Å². The number of thioether (sulfide) groups is 1. The van der Waals surface area contributed by atoms with Crippen LogP contribution in [0.5, 0.6) is 0 Å². The smallest absolute Gasteiger partial charge is 0.382 e. The monoisotopic (exact) mass is 446 g/mol. The molecule has 2 aromatic rings. The number of carbonyl (C=O) groups excluding carboxylic acids is 1. The number of aliphatic hydroxyl groups excluding tert-OH is 1. The van der Waals surface area contributed by atoms with Crippen LogP contribution in [0.15, 0.2) is 48.7 Å². The lowest BCUT2D eigenvalue weighted by molar-refractivity contribution is -0.208. The number of aliphatic hydroxyl groups is 1. The first kappa shape index (κ1) is 23.5. The van der Waals surface area contributed by atoms with E-state index in [-0.39, 0.29) is 13.0 Å². The maximum absolute atomic E-state index is 12.8. The van der Waals surface area contributed by atoms with Gasteiger partial charge in [-0.25, -0.2) is 0 Å². The lowest BCUT2D eigenvalue weighted by Gasteiger charge is -2.26. The van der Waals surface area contributed by atoms with Crippen molar-refractivity contribution in [3.05, 3.63) is 64.9 Å². The number of nitrogens with zero attached hydrogens (tertiary/aromatic N) is 2. The van der Waals surface area contributed by atoms with Gasteiger partial charge in [-0.15, -0.1) is 0 Å². The van der Waals surface area contributed by atoms with Crippen LogP contribution < -0.4 is 0 Å². The van der Waals surface area contributed by atoms with E-state index in [1.165, 1.54) is 11.8 Å². The van der Waals surface area contributed by atoms with Crippen molar-refractivity contribution in [3.63, 3.8) is 0 Å². The summed E-state index contributed by atoms with van der Waals surface area (Å²) in [6.07, 6.45) is -5.21. The molecule has 0 saturated heterocycles. The number of aromatic nitrogens is 1. The van der Waals surface area contributed by atoms with Crippen LogP contribution >= 0.6 is 23.4 Å². The van der Waals surface area contributed by atoms with E-state index in [1.807, 2.05) is 18.2 Å². The quantitative estimate of drug-likeness (QED) is 0.551. The van der Waals surface area contributed by atoms with E-state index < -0.39 is 24.7 Å². The molecule has 1 aromatic heterocycles. The predicted molar refractivity (Wildman–Crippen MR) is 109 cm³/mol. The second kappa shape index (κ2) is 11.4. The van der Waals surface area contributed by atoms with Crippen LogP contribution in [0.2, 0.25) is 5.02 Å². The molecule has 2 rings (SSSR count). The van der Waals surface area contributed by atoms with Crippen molar-refractivity contribution >= 4 is 29.3 Å². The fraction of sp³-hybridized carbons (Fsp3) is 0.400. The number of amides is 1. The van der Waals surface area contributed by atoms with Gasteiger partial charge in [0.1, 0.15) is 0 Å². The number of alkyl halides is 3. The van der Waals surface area contributed by atoms with Crippen LogP contribution in [0, 0.1) is 0 Å². The Morgan fingerprint density at radius 1 is 1.21 bits per heavy atom. The molecule has 9 heteroatoms. The SMILES string of the molecule is O=C(CCSCc1ccccn1)N(CCc1ccc(Cl)cc1)CC(O)C(F)(F)F. The zero-order valence-corrected chi connectivity index (χ0v) is 17.2. The fourth-order valence-corrected chi connectivity index (χ4v) is 3.49. The van der Waals surface area contributed by atoms with Gasteiger partial charge in [0.25, 0.3) is 0 Å². The van der Waals surface area contributed by atoms with Crippen LogP contribution in [-0.4, -0.2) is 52.0 Å². The van der Waals surface area contributed by atoms with Gasteiger partial charge >= 0.3 is 6.18 Å². The lowest BCUT2D eigenvalue weighted by atomic mass is 10.1. The summed E-state index contributed by atoms with van der Waals surface area (Å²) in [6.45, 7) is -0.695. The van der Waals surface area contributed by atoms with Crippen LogP contribution in [0.3, 0.4) is 0 Å². The lowest BCUT2D eigenvalue weighted by Crippen LogP contribution is -2.44. The minimum absolute atomic E-state index is 0.0819. The molecule has 1 heterocycles. The number of rotatable bonds is 10. The van der Waals surface area contributed by atoms with Gasteiger partial charge in [0, 0.05) is 35.7 Å². The highest BCUT2D eigenvalue weighted by Crippen LogP contribution is 2.21. The summed E-state index contributed by atoms with van der Waals surface area (Å²) in [5, 5.41) is 9.96. The highest BCUT2D eigenvalue weighted by molar-refractivity contribution is 7.98. The van der Waals surface area contributed by atoms with Crippen molar-refractivity contribution in [1.29, 1.82) is 0 Å². The van der Waals surface area contributed by atoms with Crippen molar-refractivity contribution in [2.45, 2.75) is 30.9 Å². The highest BCUT2D eigenvalue weighted by Gasteiger charge is 2.39. The van der Waals surface area contributed by atoms with Crippen LogP contribution in [0.1, 0.15) is 17.7 Å². The van der Waals surface area contributed by atoms with Gasteiger partial charge in [0.05, 0.1) is 12.2 Å². The number of benzene rings is 1. The third kappa shape index (κ3) is 8.64. The first-order valence-electron chi connectivity index (χ1n) is 9.00. The summed E-state index contributed by atoms with van der Waals surface area (Å²) in [5.74, 6) is 0.648. The summed E-state index contributed by atoms with van der Waals surface area (Å²) in [5.41, 5.74) is 1.72. The molecule has 1 N–H and O–H groups in total. The van der Waals surface area contributed by atoms with Crippen LogP contribution in [-0.2, 0) is 17.0 Å². The van der Waals surface area contributed by atoms with E-state index in [1.54, 1.807) is 30.5 Å². The van der Waals surface area contributed by atoms with E-state index in [9.17, 15) is 23.1 Å². The Labute approximate surface area is 177 Å². The van der Waals surface area contributed by atoms with Gasteiger partial charge in [0.15, 0.2) is 6.10 Å². The Hall–Kier alpha value is -1.77. The van der Waals surface area contributed by atoms with Crippen molar-refractivity contribution in [1.82, 2.24) is 9.88 Å². The van der Waals surface area contributed by atoms with Crippen molar-refractivity contribution in [2.24, 2.45) is 0 Å². The number of pyridine rings is 1. The molecule has 0 aliphatic rings. The van der Waals surface area contributed by atoms with E-state index in [2.05, 4.69) is 4.98 Å². The average Bonchev–Trinajstić information content (AvgIpc) is 2.69. The molecule has 0 aliphatic heterocycles. The van der Waals surface area contributed by atoms with E-state index in [0.717, 1.165) is 16.2 Å². The molecule has 29 heavy (non-hydrogen) atoms. The molecular weight excluding hydrogens is 425 g/mol. The van der Waals surface area contributed by atoms with Gasteiger partial charge in [-0.1, -0.05) is 29.8 Å². The first-order valence-corrected chi connectivity index (χ1v) is 10.5. The maximum atomic E-state index is 12.8. The molecule has 1 atom stereocenters. The standard InChI is InChI=1S/C20H22ClF3N2O2S/c21-16-6-4-15(5-7-16)8-11-26(13-18(27)20(22,23)24)19(28)9-12-29-14-17-3-1-2-10-25-17/h1-7,10,18,27H,8-9,11-14H2. The minimum atomic E-state index is -4.77. The normalized spacial score (nSPS) is 12.6. The molecule has 0 bridgehead atoms. The van der Waals surface area contributed by atoms with Gasteiger partial charge in [-0.05, 0) is 36.2 Å². The van der Waals surface area contributed by atoms with Gasteiger partial charge in [-0.2, -0.15) is 24.9 Å². The maximum Gasteiger partial charge on any atom is 0.416 e. The molecule has 0 fully saturated rings. The third-order valence-corrected chi connectivity index (χ3v) is 5.39. The number of carbonyl (C=O) groups is 1. The van der Waals surface area contributed by atoms with E-state index in [0.29, 0.717) is 22.9 Å². The van der Waals surface area contributed by atoms with Crippen LogP contribution in [0.25, 0.3) is 0 Å². The first-order chi connectivity index (χ1) is 13.8. The molecule has 1 amide bonds.